The van der Waals surface area contributed by atoms with Crippen LogP contribution in [0.15, 0.2) is 41.1 Å². The van der Waals surface area contributed by atoms with E-state index in [4.69, 9.17) is 4.84 Å². The predicted molar refractivity (Wildman–Crippen MR) is 109 cm³/mol. The molecule has 4 heteroatoms. The van der Waals surface area contributed by atoms with Crippen LogP contribution in [-0.2, 0) is 4.84 Å². The van der Waals surface area contributed by atoms with Crippen molar-refractivity contribution in [1.82, 2.24) is 5.32 Å². The summed E-state index contributed by atoms with van der Waals surface area (Å²) >= 11 is 0. The first kappa shape index (κ1) is 20.7. The van der Waals surface area contributed by atoms with Gasteiger partial charge in [-0.25, -0.2) is 0 Å². The molecule has 1 aliphatic carbocycles. The lowest BCUT2D eigenvalue weighted by Gasteiger charge is -2.17. The fourth-order valence-electron chi connectivity index (χ4n) is 3.13. The average molecular weight is 359 g/mol. The summed E-state index contributed by atoms with van der Waals surface area (Å²) in [6.45, 7) is 3.96. The largest absolute Gasteiger partial charge is 0.393 e. The van der Waals surface area contributed by atoms with Crippen molar-refractivity contribution < 1.29 is 9.94 Å². The molecule has 4 nitrogen and oxygen atoms in total. The van der Waals surface area contributed by atoms with E-state index in [1.165, 1.54) is 36.8 Å². The second-order valence-corrected chi connectivity index (χ2v) is 7.04. The number of oxime groups is 1. The van der Waals surface area contributed by atoms with Gasteiger partial charge in [-0.05, 0) is 55.9 Å². The maximum Gasteiger partial charge on any atom is 0.144 e. The van der Waals surface area contributed by atoms with Gasteiger partial charge in [0.15, 0.2) is 0 Å². The van der Waals surface area contributed by atoms with Gasteiger partial charge < -0.3 is 15.3 Å². The number of nitrogens with zero attached hydrogens (tertiary/aromatic N) is 1. The second kappa shape index (κ2) is 12.7. The normalized spacial score (nSPS) is 19.0. The van der Waals surface area contributed by atoms with Crippen molar-refractivity contribution in [2.45, 2.75) is 64.4 Å². The first-order valence-electron chi connectivity index (χ1n) is 10.1. The number of allylic oxidation sites excluding steroid dienone is 1. The van der Waals surface area contributed by atoms with Crippen molar-refractivity contribution in [2.75, 3.05) is 19.7 Å². The summed E-state index contributed by atoms with van der Waals surface area (Å²) < 4.78 is 0. The van der Waals surface area contributed by atoms with Crippen molar-refractivity contribution >= 4 is 11.8 Å². The number of hydrogen-bond donors (Lipinski definition) is 2. The molecule has 26 heavy (non-hydrogen) atoms. The van der Waals surface area contributed by atoms with Crippen LogP contribution < -0.4 is 5.32 Å². The molecule has 1 saturated carbocycles. The molecule has 144 valence electrons. The molecular weight excluding hydrogens is 324 g/mol. The van der Waals surface area contributed by atoms with Gasteiger partial charge in [0, 0.05) is 6.54 Å². The van der Waals surface area contributed by atoms with Crippen LogP contribution in [0, 0.1) is 0 Å². The van der Waals surface area contributed by atoms with Gasteiger partial charge >= 0.3 is 0 Å². The number of rotatable bonds is 11. The zero-order chi connectivity index (χ0) is 18.5. The summed E-state index contributed by atoms with van der Waals surface area (Å²) in [5.74, 6) is 0. The molecule has 0 bridgehead atoms. The van der Waals surface area contributed by atoms with E-state index in [9.17, 15) is 5.11 Å². The van der Waals surface area contributed by atoms with Gasteiger partial charge in [-0.2, -0.15) is 0 Å². The molecule has 1 fully saturated rings. The highest BCUT2D eigenvalue weighted by Gasteiger charge is 2.14. The van der Waals surface area contributed by atoms with Gasteiger partial charge in [0.05, 0.1) is 5.71 Å². The lowest BCUT2D eigenvalue weighted by atomic mass is 9.91. The molecule has 1 aromatic carbocycles. The molecule has 0 heterocycles. The number of unbranched alkanes of at least 4 members (excludes halogenated alkanes) is 3. The van der Waals surface area contributed by atoms with Crippen LogP contribution in [0.3, 0.4) is 0 Å². The number of aliphatic hydroxyl groups is 1. The van der Waals surface area contributed by atoms with E-state index in [0.717, 1.165) is 37.9 Å². The van der Waals surface area contributed by atoms with E-state index >= 15 is 0 Å². The number of hydrogen-bond acceptors (Lipinski definition) is 4. The Balaban J connectivity index is 1.74. The summed E-state index contributed by atoms with van der Waals surface area (Å²) in [6, 6.07) is 10.3. The first-order valence-corrected chi connectivity index (χ1v) is 10.1. The van der Waals surface area contributed by atoms with Crippen LogP contribution in [0.1, 0.15) is 63.9 Å². The Morgan fingerprint density at radius 2 is 1.96 bits per heavy atom. The van der Waals surface area contributed by atoms with Crippen molar-refractivity contribution in [3.63, 3.8) is 0 Å². The van der Waals surface area contributed by atoms with Crippen molar-refractivity contribution in [2.24, 2.45) is 5.16 Å². The molecule has 2 N–H and O–H groups in total. The summed E-state index contributed by atoms with van der Waals surface area (Å²) in [4.78, 5) is 5.46. The summed E-state index contributed by atoms with van der Waals surface area (Å²) in [7, 11) is 0. The fourth-order valence-corrected chi connectivity index (χ4v) is 3.13. The first-order chi connectivity index (χ1) is 12.8. The molecule has 0 saturated heterocycles. The highest BCUT2D eigenvalue weighted by atomic mass is 16.6. The van der Waals surface area contributed by atoms with Crippen LogP contribution in [-0.4, -0.2) is 36.6 Å². The number of nitrogens with one attached hydrogen (secondary N) is 1. The van der Waals surface area contributed by atoms with Gasteiger partial charge in [0.1, 0.15) is 12.7 Å². The minimum absolute atomic E-state index is 0.240. The summed E-state index contributed by atoms with van der Waals surface area (Å²) in [5, 5.41) is 17.6. The van der Waals surface area contributed by atoms with E-state index in [2.05, 4.69) is 35.6 Å². The van der Waals surface area contributed by atoms with Gasteiger partial charge in [0.2, 0.25) is 0 Å². The van der Waals surface area contributed by atoms with Crippen LogP contribution >= 0.6 is 0 Å². The maximum atomic E-state index is 10.0. The van der Waals surface area contributed by atoms with Gasteiger partial charge in [-0.1, -0.05) is 61.7 Å². The van der Waals surface area contributed by atoms with Crippen LogP contribution in [0.25, 0.3) is 6.08 Å². The second-order valence-electron chi connectivity index (χ2n) is 7.04. The van der Waals surface area contributed by atoms with E-state index in [1.807, 2.05) is 18.2 Å². The standard InChI is InChI=1S/C22H34N2O2/c1-2-3-4-10-15-23-17-21(25)18-26-24-22-14-9-8-13-20(22)16-19-11-6-5-7-12-19/h5-7,11-12,16,21,23,25H,2-4,8-10,13-15,17-18H2,1H3. The van der Waals surface area contributed by atoms with Crippen molar-refractivity contribution in [3.8, 4) is 0 Å². The van der Waals surface area contributed by atoms with E-state index < -0.39 is 6.10 Å². The molecular formula is C22H34N2O2. The zero-order valence-corrected chi connectivity index (χ0v) is 16.1. The number of aliphatic hydroxyl groups excluding tert-OH is 1. The molecule has 0 radical (unpaired) electrons. The van der Waals surface area contributed by atoms with Crippen molar-refractivity contribution in [1.29, 1.82) is 0 Å². The lowest BCUT2D eigenvalue weighted by molar-refractivity contribution is 0.0401. The molecule has 0 spiro atoms. The Kier molecular flexibility index (Phi) is 10.1. The third-order valence-corrected chi connectivity index (χ3v) is 4.65. The molecule has 1 aliphatic rings. The third-order valence-electron chi connectivity index (χ3n) is 4.65. The van der Waals surface area contributed by atoms with Crippen LogP contribution in [0.4, 0.5) is 0 Å². The van der Waals surface area contributed by atoms with Gasteiger partial charge in [-0.15, -0.1) is 0 Å². The molecule has 0 aliphatic heterocycles. The Labute approximate surface area is 158 Å². The Morgan fingerprint density at radius 1 is 1.15 bits per heavy atom. The maximum absolute atomic E-state index is 10.0. The molecule has 1 unspecified atom stereocenters. The Morgan fingerprint density at radius 3 is 2.77 bits per heavy atom. The van der Waals surface area contributed by atoms with Crippen molar-refractivity contribution in [3.05, 3.63) is 41.5 Å². The molecule has 1 atom stereocenters. The highest BCUT2D eigenvalue weighted by molar-refractivity contribution is 6.03. The zero-order valence-electron chi connectivity index (χ0n) is 16.1. The van der Waals surface area contributed by atoms with Crippen LogP contribution in [0.5, 0.6) is 0 Å². The van der Waals surface area contributed by atoms with E-state index in [0.29, 0.717) is 6.54 Å². The average Bonchev–Trinajstić information content (AvgIpc) is 2.67. The predicted octanol–water partition coefficient (Wildman–Crippen LogP) is 4.55. The number of benzene rings is 1. The third kappa shape index (κ3) is 8.15. The topological polar surface area (TPSA) is 53.8 Å². The molecule has 0 amide bonds. The Hall–Kier alpha value is -1.65. The Bertz CT molecular complexity index is 555. The van der Waals surface area contributed by atoms with Crippen LogP contribution in [0.2, 0.25) is 0 Å². The molecule has 1 aromatic rings. The summed E-state index contributed by atoms with van der Waals surface area (Å²) in [6.07, 6.45) is 11.0. The highest BCUT2D eigenvalue weighted by Crippen LogP contribution is 2.23. The SMILES string of the molecule is CCCCCCNCC(O)CON=C1CCCCC1=Cc1ccccc1. The molecule has 2 rings (SSSR count). The summed E-state index contributed by atoms with van der Waals surface area (Å²) in [5.41, 5.74) is 3.48. The minimum atomic E-state index is -0.518. The fraction of sp³-hybridized carbons (Fsp3) is 0.591. The lowest BCUT2D eigenvalue weighted by Crippen LogP contribution is -2.30. The van der Waals surface area contributed by atoms with E-state index in [1.54, 1.807) is 0 Å². The quantitative estimate of drug-likeness (QED) is 0.451. The van der Waals surface area contributed by atoms with E-state index in [-0.39, 0.29) is 6.61 Å². The van der Waals surface area contributed by atoms with Gasteiger partial charge in [-0.3, -0.25) is 0 Å². The van der Waals surface area contributed by atoms with Gasteiger partial charge in [0.25, 0.3) is 0 Å². The smallest absolute Gasteiger partial charge is 0.144 e. The monoisotopic (exact) mass is 358 g/mol. The minimum Gasteiger partial charge on any atom is -0.393 e. The molecule has 0 aromatic heterocycles.